The number of benzene rings is 1. The summed E-state index contributed by atoms with van der Waals surface area (Å²) in [6.45, 7) is 6.13. The molecule has 0 unspecified atom stereocenters. The lowest BCUT2D eigenvalue weighted by molar-refractivity contribution is -0.131. The summed E-state index contributed by atoms with van der Waals surface area (Å²) in [5.74, 6) is -0.0658. The van der Waals surface area contributed by atoms with Crippen LogP contribution in [0.15, 0.2) is 24.3 Å². The monoisotopic (exact) mass is 325 g/mol. The van der Waals surface area contributed by atoms with E-state index in [9.17, 15) is 9.59 Å². The van der Waals surface area contributed by atoms with Gasteiger partial charge < -0.3 is 16.0 Å². The number of hydrogen-bond donors (Lipinski definition) is 2. The van der Waals surface area contributed by atoms with E-state index >= 15 is 0 Å². The standard InChI is InChI=1S/C16H23N3O2.ClH/c1-11(2)19(12(3)20)10-13-4-6-14(7-5-13)18-15(21)16(17)8-9-16;/h4-7,11H,8-10,17H2,1-3H3,(H,18,21);1H. The summed E-state index contributed by atoms with van der Waals surface area (Å²) >= 11 is 0. The van der Waals surface area contributed by atoms with E-state index < -0.39 is 5.54 Å². The van der Waals surface area contributed by atoms with Crippen molar-refractivity contribution >= 4 is 29.9 Å². The van der Waals surface area contributed by atoms with Crippen molar-refractivity contribution in [2.75, 3.05) is 5.32 Å². The van der Waals surface area contributed by atoms with Gasteiger partial charge in [-0.05, 0) is 44.4 Å². The number of halogens is 1. The molecule has 22 heavy (non-hydrogen) atoms. The van der Waals surface area contributed by atoms with Crippen molar-refractivity contribution in [1.82, 2.24) is 4.90 Å². The van der Waals surface area contributed by atoms with Gasteiger partial charge >= 0.3 is 0 Å². The molecule has 0 aliphatic heterocycles. The maximum Gasteiger partial charge on any atom is 0.244 e. The topological polar surface area (TPSA) is 75.4 Å². The summed E-state index contributed by atoms with van der Waals surface area (Å²) < 4.78 is 0. The van der Waals surface area contributed by atoms with Gasteiger partial charge in [0.05, 0.1) is 5.54 Å². The Balaban J connectivity index is 0.00000242. The summed E-state index contributed by atoms with van der Waals surface area (Å²) in [5, 5.41) is 2.83. The van der Waals surface area contributed by atoms with Gasteiger partial charge in [-0.2, -0.15) is 0 Å². The first-order valence-corrected chi connectivity index (χ1v) is 7.28. The summed E-state index contributed by atoms with van der Waals surface area (Å²) in [5.41, 5.74) is 6.95. The molecular formula is C16H24ClN3O2. The van der Waals surface area contributed by atoms with Crippen LogP contribution >= 0.6 is 12.4 Å². The predicted octanol–water partition coefficient (Wildman–Crippen LogP) is 2.30. The Morgan fingerprint density at radius 3 is 2.23 bits per heavy atom. The number of rotatable bonds is 5. The van der Waals surface area contributed by atoms with Gasteiger partial charge in [0, 0.05) is 25.2 Å². The van der Waals surface area contributed by atoms with E-state index in [1.54, 1.807) is 11.8 Å². The number of nitrogens with one attached hydrogen (secondary N) is 1. The third-order valence-electron chi connectivity index (χ3n) is 3.83. The first-order valence-electron chi connectivity index (χ1n) is 7.28. The van der Waals surface area contributed by atoms with E-state index in [0.717, 1.165) is 24.1 Å². The molecule has 0 aromatic heterocycles. The zero-order chi connectivity index (χ0) is 15.6. The second-order valence-corrected chi connectivity index (χ2v) is 6.05. The van der Waals surface area contributed by atoms with Crippen LogP contribution in [0.2, 0.25) is 0 Å². The second kappa shape index (κ2) is 7.11. The average molecular weight is 326 g/mol. The number of carbonyl (C=O) groups is 2. The van der Waals surface area contributed by atoms with Crippen molar-refractivity contribution in [2.24, 2.45) is 5.73 Å². The van der Waals surface area contributed by atoms with Gasteiger partial charge in [0.25, 0.3) is 0 Å². The lowest BCUT2D eigenvalue weighted by Crippen LogP contribution is -2.37. The van der Waals surface area contributed by atoms with Crippen molar-refractivity contribution in [2.45, 2.75) is 51.7 Å². The van der Waals surface area contributed by atoms with Crippen LogP contribution in [-0.4, -0.2) is 28.3 Å². The van der Waals surface area contributed by atoms with Crippen molar-refractivity contribution in [3.05, 3.63) is 29.8 Å². The Bertz CT molecular complexity index is 539. The maximum atomic E-state index is 11.8. The minimum absolute atomic E-state index is 0. The zero-order valence-corrected chi connectivity index (χ0v) is 14.1. The van der Waals surface area contributed by atoms with Crippen molar-refractivity contribution < 1.29 is 9.59 Å². The largest absolute Gasteiger partial charge is 0.336 e. The smallest absolute Gasteiger partial charge is 0.244 e. The molecule has 0 saturated heterocycles. The third-order valence-corrected chi connectivity index (χ3v) is 3.83. The van der Waals surface area contributed by atoms with E-state index in [0.29, 0.717) is 6.54 Å². The van der Waals surface area contributed by atoms with Crippen LogP contribution < -0.4 is 11.1 Å². The SMILES string of the molecule is CC(=O)N(Cc1ccc(NC(=O)C2(N)CC2)cc1)C(C)C.Cl. The molecular weight excluding hydrogens is 302 g/mol. The molecule has 122 valence electrons. The normalized spacial score (nSPS) is 15.0. The van der Waals surface area contributed by atoms with E-state index in [4.69, 9.17) is 5.73 Å². The maximum absolute atomic E-state index is 11.8. The number of nitrogens with zero attached hydrogens (tertiary/aromatic N) is 1. The van der Waals surface area contributed by atoms with Gasteiger partial charge in [-0.15, -0.1) is 12.4 Å². The Labute approximate surface area is 137 Å². The van der Waals surface area contributed by atoms with Crippen LogP contribution in [0.5, 0.6) is 0 Å². The molecule has 1 aromatic carbocycles. The van der Waals surface area contributed by atoms with Crippen LogP contribution in [0.3, 0.4) is 0 Å². The predicted molar refractivity (Wildman–Crippen MR) is 89.8 cm³/mol. The van der Waals surface area contributed by atoms with E-state index in [1.165, 1.54) is 0 Å². The van der Waals surface area contributed by atoms with Crippen LogP contribution in [0.25, 0.3) is 0 Å². The highest BCUT2D eigenvalue weighted by molar-refractivity contribution is 6.00. The fourth-order valence-corrected chi connectivity index (χ4v) is 2.16. The molecule has 2 rings (SSSR count). The fourth-order valence-electron chi connectivity index (χ4n) is 2.16. The molecule has 6 heteroatoms. The quantitative estimate of drug-likeness (QED) is 0.872. The lowest BCUT2D eigenvalue weighted by atomic mass is 10.1. The molecule has 0 atom stereocenters. The lowest BCUT2D eigenvalue weighted by Gasteiger charge is -2.25. The number of nitrogens with two attached hydrogens (primary N) is 1. The number of amides is 2. The number of anilines is 1. The minimum Gasteiger partial charge on any atom is -0.336 e. The second-order valence-electron chi connectivity index (χ2n) is 6.05. The first-order chi connectivity index (χ1) is 9.82. The molecule has 0 heterocycles. The molecule has 1 aliphatic rings. The first kappa shape index (κ1) is 18.5. The van der Waals surface area contributed by atoms with Gasteiger partial charge in [0.2, 0.25) is 11.8 Å². The van der Waals surface area contributed by atoms with Gasteiger partial charge in [0.15, 0.2) is 0 Å². The highest BCUT2D eigenvalue weighted by Crippen LogP contribution is 2.33. The molecule has 0 spiro atoms. The van der Waals surface area contributed by atoms with Crippen molar-refractivity contribution in [3.63, 3.8) is 0 Å². The van der Waals surface area contributed by atoms with Crippen LogP contribution in [0.4, 0.5) is 5.69 Å². The molecule has 1 aromatic rings. The van der Waals surface area contributed by atoms with Crippen LogP contribution in [0.1, 0.15) is 39.2 Å². The van der Waals surface area contributed by atoms with Crippen molar-refractivity contribution in [3.8, 4) is 0 Å². The highest BCUT2D eigenvalue weighted by Gasteiger charge is 2.45. The van der Waals surface area contributed by atoms with Crippen LogP contribution in [0, 0.1) is 0 Å². The summed E-state index contributed by atoms with van der Waals surface area (Å²) in [7, 11) is 0. The molecule has 0 bridgehead atoms. The van der Waals surface area contributed by atoms with Crippen LogP contribution in [-0.2, 0) is 16.1 Å². The van der Waals surface area contributed by atoms with Gasteiger partial charge in [-0.1, -0.05) is 12.1 Å². The molecule has 1 aliphatic carbocycles. The Hall–Kier alpha value is -1.59. The number of carbonyl (C=O) groups excluding carboxylic acids is 2. The molecule has 0 radical (unpaired) electrons. The number of hydrogen-bond acceptors (Lipinski definition) is 3. The van der Waals surface area contributed by atoms with Gasteiger partial charge in [0.1, 0.15) is 0 Å². The Morgan fingerprint density at radius 2 is 1.82 bits per heavy atom. The summed E-state index contributed by atoms with van der Waals surface area (Å²) in [6.07, 6.45) is 1.50. The average Bonchev–Trinajstić information content (AvgIpc) is 3.16. The Morgan fingerprint density at radius 1 is 1.27 bits per heavy atom. The van der Waals surface area contributed by atoms with Gasteiger partial charge in [-0.3, -0.25) is 9.59 Å². The van der Waals surface area contributed by atoms with E-state index in [2.05, 4.69) is 5.32 Å². The van der Waals surface area contributed by atoms with E-state index in [-0.39, 0.29) is 30.3 Å². The molecule has 5 nitrogen and oxygen atoms in total. The third kappa shape index (κ3) is 4.45. The zero-order valence-electron chi connectivity index (χ0n) is 13.3. The molecule has 1 fully saturated rings. The van der Waals surface area contributed by atoms with E-state index in [1.807, 2.05) is 38.1 Å². The van der Waals surface area contributed by atoms with Crippen molar-refractivity contribution in [1.29, 1.82) is 0 Å². The molecule has 3 N–H and O–H groups in total. The minimum atomic E-state index is -0.665. The summed E-state index contributed by atoms with van der Waals surface area (Å²) in [6, 6.07) is 7.69. The highest BCUT2D eigenvalue weighted by atomic mass is 35.5. The Kier molecular flexibility index (Phi) is 5.97. The van der Waals surface area contributed by atoms with Gasteiger partial charge in [-0.25, -0.2) is 0 Å². The fraction of sp³-hybridized carbons (Fsp3) is 0.500. The molecule has 1 saturated carbocycles. The summed E-state index contributed by atoms with van der Waals surface area (Å²) in [4.78, 5) is 25.2. The molecule has 2 amide bonds.